The lowest BCUT2D eigenvalue weighted by molar-refractivity contribution is 0.187. The van der Waals surface area contributed by atoms with Gasteiger partial charge in [0.2, 0.25) is 0 Å². The van der Waals surface area contributed by atoms with E-state index in [2.05, 4.69) is 28.4 Å². The summed E-state index contributed by atoms with van der Waals surface area (Å²) in [4.78, 5) is 2.20. The maximum absolute atomic E-state index is 6.22. The number of nitrogens with one attached hydrogen (secondary N) is 1. The zero-order valence-electron chi connectivity index (χ0n) is 19.7. The van der Waals surface area contributed by atoms with E-state index >= 15 is 0 Å². The normalized spacial score (nSPS) is 14.7. The van der Waals surface area contributed by atoms with E-state index in [9.17, 15) is 0 Å². The van der Waals surface area contributed by atoms with E-state index in [1.807, 2.05) is 48.5 Å². The molecule has 34 heavy (non-hydrogen) atoms. The van der Waals surface area contributed by atoms with Crippen LogP contribution >= 0.6 is 12.2 Å². The number of methoxy groups -OCH3 is 3. The van der Waals surface area contributed by atoms with Crippen molar-refractivity contribution in [3.63, 3.8) is 0 Å². The van der Waals surface area contributed by atoms with Gasteiger partial charge in [-0.25, -0.2) is 0 Å². The maximum atomic E-state index is 6.22. The van der Waals surface area contributed by atoms with Crippen LogP contribution in [0.5, 0.6) is 23.0 Å². The van der Waals surface area contributed by atoms with E-state index in [0.29, 0.717) is 24.0 Å². The summed E-state index contributed by atoms with van der Waals surface area (Å²) in [6.45, 7) is 1.88. The molecule has 0 fully saturated rings. The first-order valence-corrected chi connectivity index (χ1v) is 11.6. The van der Waals surface area contributed by atoms with Crippen molar-refractivity contribution in [3.8, 4) is 23.0 Å². The highest BCUT2D eigenvalue weighted by Gasteiger charge is 2.31. The fourth-order valence-electron chi connectivity index (χ4n) is 4.17. The van der Waals surface area contributed by atoms with Gasteiger partial charge in [-0.1, -0.05) is 30.3 Å². The van der Waals surface area contributed by atoms with Crippen LogP contribution < -0.4 is 24.3 Å². The zero-order valence-corrected chi connectivity index (χ0v) is 20.6. The van der Waals surface area contributed by atoms with Crippen molar-refractivity contribution in [2.24, 2.45) is 0 Å². The molecule has 1 heterocycles. The van der Waals surface area contributed by atoms with E-state index < -0.39 is 0 Å². The summed E-state index contributed by atoms with van der Waals surface area (Å²) in [5.74, 6) is 2.99. The molecule has 1 aliphatic rings. The molecule has 0 saturated heterocycles. The first-order chi connectivity index (χ1) is 16.6. The Balaban J connectivity index is 1.58. The van der Waals surface area contributed by atoms with Gasteiger partial charge in [0.15, 0.2) is 16.6 Å². The third kappa shape index (κ3) is 5.37. The van der Waals surface area contributed by atoms with Crippen molar-refractivity contribution < 1.29 is 18.9 Å². The Morgan fingerprint density at radius 1 is 0.912 bits per heavy atom. The average molecular weight is 479 g/mol. The van der Waals surface area contributed by atoms with Gasteiger partial charge in [-0.3, -0.25) is 0 Å². The second kappa shape index (κ2) is 11.1. The van der Waals surface area contributed by atoms with Gasteiger partial charge in [0.25, 0.3) is 0 Å². The monoisotopic (exact) mass is 478 g/mol. The summed E-state index contributed by atoms with van der Waals surface area (Å²) in [5, 5.41) is 4.12. The minimum absolute atomic E-state index is 0.0820. The number of rotatable bonds is 8. The molecule has 4 rings (SSSR count). The number of hydrogen-bond donors (Lipinski definition) is 1. The molecule has 178 valence electrons. The second-order valence-corrected chi connectivity index (χ2v) is 8.38. The van der Waals surface area contributed by atoms with Gasteiger partial charge in [-0.15, -0.1) is 0 Å². The van der Waals surface area contributed by atoms with Crippen LogP contribution in [0.1, 0.15) is 22.7 Å². The molecular formula is C27H30N2O4S. The molecule has 0 radical (unpaired) electrons. The molecule has 1 unspecified atom stereocenters. The minimum Gasteiger partial charge on any atom is -0.497 e. The molecule has 1 atom stereocenters. The van der Waals surface area contributed by atoms with Gasteiger partial charge in [0, 0.05) is 13.1 Å². The number of thiocarbonyl (C=S) groups is 1. The van der Waals surface area contributed by atoms with Crippen LogP contribution in [0.25, 0.3) is 0 Å². The highest BCUT2D eigenvalue weighted by atomic mass is 32.1. The first kappa shape index (κ1) is 23.7. The van der Waals surface area contributed by atoms with Gasteiger partial charge in [0.1, 0.15) is 18.1 Å². The van der Waals surface area contributed by atoms with E-state index in [1.54, 1.807) is 21.3 Å². The molecule has 0 aromatic heterocycles. The van der Waals surface area contributed by atoms with Crippen molar-refractivity contribution in [3.05, 3.63) is 83.4 Å². The molecule has 0 amide bonds. The summed E-state index contributed by atoms with van der Waals surface area (Å²) >= 11 is 5.84. The highest BCUT2D eigenvalue weighted by molar-refractivity contribution is 7.80. The van der Waals surface area contributed by atoms with Crippen molar-refractivity contribution in [2.45, 2.75) is 19.0 Å². The number of ether oxygens (including phenoxy) is 4. The molecule has 3 aromatic carbocycles. The number of benzene rings is 3. The Kier molecular flexibility index (Phi) is 7.75. The minimum atomic E-state index is -0.0820. The highest BCUT2D eigenvalue weighted by Crippen LogP contribution is 2.38. The Morgan fingerprint density at radius 2 is 1.59 bits per heavy atom. The molecule has 0 aliphatic carbocycles. The van der Waals surface area contributed by atoms with Crippen LogP contribution in [0.4, 0.5) is 0 Å². The predicted octanol–water partition coefficient (Wildman–Crippen LogP) is 4.77. The van der Waals surface area contributed by atoms with Gasteiger partial charge in [-0.05, 0) is 71.7 Å². The Hall–Kier alpha value is -3.45. The lowest BCUT2D eigenvalue weighted by atomic mass is 9.92. The predicted molar refractivity (Wildman–Crippen MR) is 137 cm³/mol. The Labute approximate surface area is 206 Å². The third-order valence-electron chi connectivity index (χ3n) is 6.02. The molecular weight excluding hydrogens is 448 g/mol. The number of fused-ring (bicyclic) bond motifs is 1. The van der Waals surface area contributed by atoms with Crippen molar-refractivity contribution in [2.75, 3.05) is 34.5 Å². The smallest absolute Gasteiger partial charge is 0.169 e. The van der Waals surface area contributed by atoms with Crippen LogP contribution in [-0.4, -0.2) is 44.5 Å². The molecule has 1 N–H and O–H groups in total. The molecule has 6 nitrogen and oxygen atoms in total. The van der Waals surface area contributed by atoms with E-state index in [0.717, 1.165) is 35.8 Å². The zero-order chi connectivity index (χ0) is 23.9. The number of hydrogen-bond acceptors (Lipinski definition) is 5. The second-order valence-electron chi connectivity index (χ2n) is 8.00. The lowest BCUT2D eigenvalue weighted by Gasteiger charge is -2.39. The molecule has 1 aliphatic heterocycles. The van der Waals surface area contributed by atoms with Gasteiger partial charge in [-0.2, -0.15) is 0 Å². The van der Waals surface area contributed by atoms with Crippen molar-refractivity contribution in [1.82, 2.24) is 10.2 Å². The van der Waals surface area contributed by atoms with E-state index in [4.69, 9.17) is 31.2 Å². The molecule has 0 saturated carbocycles. The first-order valence-electron chi connectivity index (χ1n) is 11.2. The molecule has 0 spiro atoms. The van der Waals surface area contributed by atoms with Gasteiger partial charge < -0.3 is 29.2 Å². The van der Waals surface area contributed by atoms with E-state index in [1.165, 1.54) is 11.1 Å². The Morgan fingerprint density at radius 3 is 2.26 bits per heavy atom. The number of nitrogens with zero attached hydrogens (tertiary/aromatic N) is 1. The topological polar surface area (TPSA) is 52.2 Å². The summed E-state index contributed by atoms with van der Waals surface area (Å²) in [6, 6.07) is 21.9. The maximum Gasteiger partial charge on any atom is 0.169 e. The summed E-state index contributed by atoms with van der Waals surface area (Å²) in [7, 11) is 4.96. The SMILES string of the molecule is COc1ccc(OCC2c3cc(OC)c(OC)cc3CCN2C(=S)NCc2ccccc2)cc1. The fraction of sp³-hybridized carbons (Fsp3) is 0.296. The summed E-state index contributed by atoms with van der Waals surface area (Å²) < 4.78 is 22.6. The van der Waals surface area contributed by atoms with Crippen molar-refractivity contribution >= 4 is 17.3 Å². The molecule has 7 heteroatoms. The summed E-state index contributed by atoms with van der Waals surface area (Å²) in [6.07, 6.45) is 0.849. The van der Waals surface area contributed by atoms with Crippen LogP contribution in [0, 0.1) is 0 Å². The largest absolute Gasteiger partial charge is 0.497 e. The van der Waals surface area contributed by atoms with Gasteiger partial charge >= 0.3 is 0 Å². The third-order valence-corrected chi connectivity index (χ3v) is 6.40. The average Bonchev–Trinajstić information content (AvgIpc) is 2.90. The molecule has 3 aromatic rings. The van der Waals surface area contributed by atoms with Crippen LogP contribution in [-0.2, 0) is 13.0 Å². The standard InChI is InChI=1S/C27H30N2O4S/c1-30-21-9-11-22(12-10-21)33-18-24-23-16-26(32-3)25(31-2)15-20(23)13-14-29(24)27(34)28-17-19-7-5-4-6-8-19/h4-12,15-16,24H,13-14,17-18H2,1-3H3,(H,28,34). The van der Waals surface area contributed by atoms with Crippen LogP contribution in [0.2, 0.25) is 0 Å². The molecule has 0 bridgehead atoms. The Bertz CT molecular complexity index is 1110. The van der Waals surface area contributed by atoms with E-state index in [-0.39, 0.29) is 6.04 Å². The quantitative estimate of drug-likeness (QED) is 0.468. The van der Waals surface area contributed by atoms with Crippen LogP contribution in [0.15, 0.2) is 66.7 Å². The lowest BCUT2D eigenvalue weighted by Crippen LogP contribution is -2.47. The van der Waals surface area contributed by atoms with Crippen molar-refractivity contribution in [1.29, 1.82) is 0 Å². The fourth-order valence-corrected chi connectivity index (χ4v) is 4.46. The van der Waals surface area contributed by atoms with Crippen LogP contribution in [0.3, 0.4) is 0 Å². The summed E-state index contributed by atoms with van der Waals surface area (Å²) in [5.41, 5.74) is 3.52. The van der Waals surface area contributed by atoms with Gasteiger partial charge in [0.05, 0.1) is 27.4 Å².